The average molecular weight is 418 g/mol. The summed E-state index contributed by atoms with van der Waals surface area (Å²) in [5, 5.41) is 2.95. The molecule has 2 rings (SSSR count). The van der Waals surface area contributed by atoms with Crippen molar-refractivity contribution < 1.29 is 9.53 Å². The Hall–Kier alpha value is -1.81. The Morgan fingerprint density at radius 2 is 1.73 bits per heavy atom. The van der Waals surface area contributed by atoms with Crippen LogP contribution in [0.4, 0.5) is 5.69 Å². The van der Waals surface area contributed by atoms with Crippen molar-refractivity contribution >= 4 is 27.5 Å². The maximum Gasteiger partial charge on any atom is 0.224 e. The summed E-state index contributed by atoms with van der Waals surface area (Å²) in [6, 6.07) is 12.2. The first kappa shape index (κ1) is 20.5. The van der Waals surface area contributed by atoms with E-state index in [0.29, 0.717) is 19.4 Å². The highest BCUT2D eigenvalue weighted by Crippen LogP contribution is 2.31. The summed E-state index contributed by atoms with van der Waals surface area (Å²) in [7, 11) is 0. The predicted octanol–water partition coefficient (Wildman–Crippen LogP) is 6.16. The molecule has 4 heteroatoms. The van der Waals surface area contributed by atoms with Crippen LogP contribution in [0.25, 0.3) is 0 Å². The molecule has 0 saturated carbocycles. The SMILES string of the molecule is Cc1cc(C)cc(NC(=O)CCCOc2ccc(C(C)(C)C)cc2Br)c1. The number of carbonyl (C=O) groups is 1. The van der Waals surface area contributed by atoms with Gasteiger partial charge in [-0.25, -0.2) is 0 Å². The van der Waals surface area contributed by atoms with Gasteiger partial charge in [0.15, 0.2) is 0 Å². The van der Waals surface area contributed by atoms with Crippen LogP contribution >= 0.6 is 15.9 Å². The number of carbonyl (C=O) groups excluding carboxylic acids is 1. The quantitative estimate of drug-likeness (QED) is 0.571. The molecule has 0 heterocycles. The Morgan fingerprint density at radius 3 is 2.31 bits per heavy atom. The third-order valence-electron chi connectivity index (χ3n) is 4.11. The van der Waals surface area contributed by atoms with Gasteiger partial charge in [-0.05, 0) is 82.6 Å². The molecule has 2 aromatic rings. The van der Waals surface area contributed by atoms with E-state index < -0.39 is 0 Å². The standard InChI is InChI=1S/C22H28BrNO2/c1-15-11-16(2)13-18(12-15)24-21(25)7-6-10-26-20-9-8-17(14-19(20)23)22(3,4)5/h8-9,11-14H,6-7,10H2,1-5H3,(H,24,25). The number of hydrogen-bond acceptors (Lipinski definition) is 2. The van der Waals surface area contributed by atoms with Gasteiger partial charge in [0.1, 0.15) is 5.75 Å². The van der Waals surface area contributed by atoms with Crippen molar-refractivity contribution in [3.63, 3.8) is 0 Å². The van der Waals surface area contributed by atoms with Crippen molar-refractivity contribution in [2.24, 2.45) is 0 Å². The lowest BCUT2D eigenvalue weighted by atomic mass is 9.87. The summed E-state index contributed by atoms with van der Waals surface area (Å²) in [5.41, 5.74) is 4.51. The van der Waals surface area contributed by atoms with Gasteiger partial charge in [0, 0.05) is 12.1 Å². The number of hydrogen-bond donors (Lipinski definition) is 1. The summed E-state index contributed by atoms with van der Waals surface area (Å²) in [6.45, 7) is 11.1. The summed E-state index contributed by atoms with van der Waals surface area (Å²) in [6.07, 6.45) is 1.11. The third-order valence-corrected chi connectivity index (χ3v) is 4.73. The smallest absolute Gasteiger partial charge is 0.224 e. The van der Waals surface area contributed by atoms with E-state index in [9.17, 15) is 4.79 Å². The number of ether oxygens (including phenoxy) is 1. The third kappa shape index (κ3) is 6.17. The molecule has 0 aromatic heterocycles. The number of anilines is 1. The predicted molar refractivity (Wildman–Crippen MR) is 112 cm³/mol. The lowest BCUT2D eigenvalue weighted by Gasteiger charge is -2.20. The molecule has 0 fully saturated rings. The van der Waals surface area contributed by atoms with Crippen LogP contribution in [-0.2, 0) is 10.2 Å². The van der Waals surface area contributed by atoms with Crippen LogP contribution in [0.15, 0.2) is 40.9 Å². The Bertz CT molecular complexity index is 758. The van der Waals surface area contributed by atoms with Crippen LogP contribution < -0.4 is 10.1 Å². The number of amides is 1. The minimum atomic E-state index is 0.0146. The molecule has 1 amide bonds. The van der Waals surface area contributed by atoms with Gasteiger partial charge in [-0.3, -0.25) is 4.79 Å². The lowest BCUT2D eigenvalue weighted by molar-refractivity contribution is -0.116. The molecule has 3 nitrogen and oxygen atoms in total. The van der Waals surface area contributed by atoms with Gasteiger partial charge < -0.3 is 10.1 Å². The fraction of sp³-hybridized carbons (Fsp3) is 0.409. The van der Waals surface area contributed by atoms with Gasteiger partial charge in [0.25, 0.3) is 0 Å². The molecular weight excluding hydrogens is 390 g/mol. The molecule has 0 aliphatic carbocycles. The van der Waals surface area contributed by atoms with Crippen LogP contribution in [0.2, 0.25) is 0 Å². The molecule has 0 aliphatic rings. The molecule has 0 spiro atoms. The van der Waals surface area contributed by atoms with Gasteiger partial charge in [0.05, 0.1) is 11.1 Å². The second kappa shape index (κ2) is 8.72. The Labute approximate surface area is 165 Å². The van der Waals surface area contributed by atoms with E-state index in [2.05, 4.69) is 60.2 Å². The fourth-order valence-electron chi connectivity index (χ4n) is 2.77. The first-order valence-corrected chi connectivity index (χ1v) is 9.75. The van der Waals surface area contributed by atoms with E-state index in [1.807, 2.05) is 32.0 Å². The highest BCUT2D eigenvalue weighted by Gasteiger charge is 2.15. The summed E-state index contributed by atoms with van der Waals surface area (Å²) in [5.74, 6) is 0.827. The largest absolute Gasteiger partial charge is 0.492 e. The average Bonchev–Trinajstić information content (AvgIpc) is 2.50. The van der Waals surface area contributed by atoms with Crippen LogP contribution in [0.5, 0.6) is 5.75 Å². The first-order valence-electron chi connectivity index (χ1n) is 8.96. The minimum Gasteiger partial charge on any atom is -0.492 e. The fourth-order valence-corrected chi connectivity index (χ4v) is 3.26. The molecule has 0 aliphatic heterocycles. The van der Waals surface area contributed by atoms with Crippen molar-refractivity contribution in [3.05, 3.63) is 57.6 Å². The Balaban J connectivity index is 1.80. The molecule has 0 bridgehead atoms. The van der Waals surface area contributed by atoms with Crippen molar-refractivity contribution in [2.45, 2.75) is 52.9 Å². The summed E-state index contributed by atoms with van der Waals surface area (Å²) in [4.78, 5) is 12.1. The number of rotatable bonds is 6. The van der Waals surface area contributed by atoms with Crippen molar-refractivity contribution in [2.75, 3.05) is 11.9 Å². The van der Waals surface area contributed by atoms with E-state index in [0.717, 1.165) is 27.0 Å². The number of nitrogens with one attached hydrogen (secondary N) is 1. The molecule has 0 unspecified atom stereocenters. The molecule has 0 atom stereocenters. The minimum absolute atomic E-state index is 0.0146. The van der Waals surface area contributed by atoms with Gasteiger partial charge in [-0.2, -0.15) is 0 Å². The zero-order chi connectivity index (χ0) is 19.3. The Morgan fingerprint density at radius 1 is 1.08 bits per heavy atom. The zero-order valence-corrected chi connectivity index (χ0v) is 17.9. The van der Waals surface area contributed by atoms with E-state index in [4.69, 9.17) is 4.74 Å². The van der Waals surface area contributed by atoms with E-state index >= 15 is 0 Å². The van der Waals surface area contributed by atoms with Gasteiger partial charge in [-0.1, -0.05) is 32.9 Å². The van der Waals surface area contributed by atoms with Crippen LogP contribution in [0, 0.1) is 13.8 Å². The Kier molecular flexibility index (Phi) is 6.87. The number of halogens is 1. The molecule has 2 aromatic carbocycles. The van der Waals surface area contributed by atoms with Crippen molar-refractivity contribution in [1.82, 2.24) is 0 Å². The van der Waals surface area contributed by atoms with Gasteiger partial charge in [0.2, 0.25) is 5.91 Å². The zero-order valence-electron chi connectivity index (χ0n) is 16.3. The van der Waals surface area contributed by atoms with Crippen LogP contribution in [-0.4, -0.2) is 12.5 Å². The van der Waals surface area contributed by atoms with Crippen molar-refractivity contribution in [1.29, 1.82) is 0 Å². The first-order chi connectivity index (χ1) is 12.1. The summed E-state index contributed by atoms with van der Waals surface area (Å²) >= 11 is 3.57. The maximum atomic E-state index is 12.1. The molecule has 0 radical (unpaired) electrons. The van der Waals surface area contributed by atoms with Crippen LogP contribution in [0.1, 0.15) is 50.3 Å². The molecule has 26 heavy (non-hydrogen) atoms. The maximum absolute atomic E-state index is 12.1. The highest BCUT2D eigenvalue weighted by atomic mass is 79.9. The molecular formula is C22H28BrNO2. The topological polar surface area (TPSA) is 38.3 Å². The van der Waals surface area contributed by atoms with Gasteiger partial charge in [-0.15, -0.1) is 0 Å². The van der Waals surface area contributed by atoms with Gasteiger partial charge >= 0.3 is 0 Å². The lowest BCUT2D eigenvalue weighted by Crippen LogP contribution is -2.13. The molecule has 140 valence electrons. The second-order valence-corrected chi connectivity index (χ2v) is 8.63. The molecule has 1 N–H and O–H groups in total. The molecule has 0 saturated heterocycles. The summed E-state index contributed by atoms with van der Waals surface area (Å²) < 4.78 is 6.77. The number of aryl methyl sites for hydroxylation is 2. The highest BCUT2D eigenvalue weighted by molar-refractivity contribution is 9.10. The van der Waals surface area contributed by atoms with E-state index in [1.54, 1.807) is 0 Å². The van der Waals surface area contributed by atoms with E-state index in [-0.39, 0.29) is 11.3 Å². The monoisotopic (exact) mass is 417 g/mol. The normalized spacial score (nSPS) is 11.3. The van der Waals surface area contributed by atoms with E-state index in [1.165, 1.54) is 5.56 Å². The van der Waals surface area contributed by atoms with Crippen LogP contribution in [0.3, 0.4) is 0 Å². The van der Waals surface area contributed by atoms with Crippen molar-refractivity contribution in [3.8, 4) is 5.75 Å². The second-order valence-electron chi connectivity index (χ2n) is 7.77. The number of benzene rings is 2.